The van der Waals surface area contributed by atoms with Crippen LogP contribution in [0.2, 0.25) is 0 Å². The van der Waals surface area contributed by atoms with E-state index in [0.29, 0.717) is 5.92 Å². The Bertz CT molecular complexity index is 343. The molecule has 2 N–H and O–H groups in total. The molecule has 0 spiro atoms. The van der Waals surface area contributed by atoms with E-state index in [1.165, 1.54) is 18.4 Å². The van der Waals surface area contributed by atoms with Crippen LogP contribution in [-0.2, 0) is 12.8 Å². The molecule has 15 heavy (non-hydrogen) atoms. The predicted octanol–water partition coefficient (Wildman–Crippen LogP) is 2.87. The van der Waals surface area contributed by atoms with Crippen LogP contribution in [0.1, 0.15) is 42.9 Å². The van der Waals surface area contributed by atoms with Crippen LogP contribution in [0.3, 0.4) is 0 Å². The van der Waals surface area contributed by atoms with E-state index >= 15 is 0 Å². The van der Waals surface area contributed by atoms with Crippen molar-refractivity contribution in [2.24, 2.45) is 11.7 Å². The van der Waals surface area contributed by atoms with Gasteiger partial charge in [-0.15, -0.1) is 0 Å². The molecular formula is C14H21N. The van der Waals surface area contributed by atoms with E-state index < -0.39 is 0 Å². The Balaban J connectivity index is 2.19. The number of rotatable bonds is 3. The molecule has 2 unspecified atom stereocenters. The standard InChI is InChI=1S/C14H21N/c1-10-7-13-4-3-12(9-14(13)8-10)11(2)5-6-15/h3-4,9-11H,5-8,15H2,1-2H3. The highest BCUT2D eigenvalue weighted by atomic mass is 14.5. The van der Waals surface area contributed by atoms with Crippen molar-refractivity contribution in [3.8, 4) is 0 Å². The monoisotopic (exact) mass is 203 g/mol. The molecule has 0 fully saturated rings. The summed E-state index contributed by atoms with van der Waals surface area (Å²) in [6.45, 7) is 5.39. The first-order chi connectivity index (χ1) is 7.20. The molecule has 0 aromatic heterocycles. The van der Waals surface area contributed by atoms with Gasteiger partial charge in [-0.05, 0) is 54.3 Å². The van der Waals surface area contributed by atoms with Crippen molar-refractivity contribution >= 4 is 0 Å². The molecule has 1 aliphatic carbocycles. The quantitative estimate of drug-likeness (QED) is 0.803. The molecule has 0 bridgehead atoms. The fraction of sp³-hybridized carbons (Fsp3) is 0.571. The number of nitrogens with two attached hydrogens (primary N) is 1. The summed E-state index contributed by atoms with van der Waals surface area (Å²) < 4.78 is 0. The topological polar surface area (TPSA) is 26.0 Å². The number of fused-ring (bicyclic) bond motifs is 1. The maximum absolute atomic E-state index is 5.60. The normalized spacial score (nSPS) is 21.4. The van der Waals surface area contributed by atoms with Crippen molar-refractivity contribution in [3.05, 3.63) is 34.9 Å². The fourth-order valence-corrected chi connectivity index (χ4v) is 2.58. The van der Waals surface area contributed by atoms with Gasteiger partial charge in [0.25, 0.3) is 0 Å². The van der Waals surface area contributed by atoms with Crippen LogP contribution in [0.15, 0.2) is 18.2 Å². The van der Waals surface area contributed by atoms with E-state index in [1.807, 2.05) is 0 Å². The zero-order valence-electron chi connectivity index (χ0n) is 9.79. The van der Waals surface area contributed by atoms with Crippen LogP contribution in [0.25, 0.3) is 0 Å². The lowest BCUT2D eigenvalue weighted by Crippen LogP contribution is -2.04. The van der Waals surface area contributed by atoms with Gasteiger partial charge in [0.1, 0.15) is 0 Å². The highest BCUT2D eigenvalue weighted by Gasteiger charge is 2.18. The Morgan fingerprint density at radius 1 is 1.33 bits per heavy atom. The average molecular weight is 203 g/mol. The van der Waals surface area contributed by atoms with Crippen LogP contribution in [-0.4, -0.2) is 6.54 Å². The van der Waals surface area contributed by atoms with Gasteiger partial charge in [0.15, 0.2) is 0 Å². The summed E-state index contributed by atoms with van der Waals surface area (Å²) in [6.07, 6.45) is 3.62. The smallest absolute Gasteiger partial charge is 0.00715 e. The van der Waals surface area contributed by atoms with Gasteiger partial charge in [0, 0.05) is 0 Å². The van der Waals surface area contributed by atoms with Gasteiger partial charge < -0.3 is 5.73 Å². The molecule has 2 rings (SSSR count). The molecule has 0 heterocycles. The van der Waals surface area contributed by atoms with Gasteiger partial charge in [0.05, 0.1) is 0 Å². The summed E-state index contributed by atoms with van der Waals surface area (Å²) in [7, 11) is 0. The first-order valence-corrected chi connectivity index (χ1v) is 6.02. The SMILES string of the molecule is CC1Cc2ccc(C(C)CCN)cc2C1. The van der Waals surface area contributed by atoms with Gasteiger partial charge in [-0.25, -0.2) is 0 Å². The van der Waals surface area contributed by atoms with Crippen molar-refractivity contribution < 1.29 is 0 Å². The molecule has 1 nitrogen and oxygen atoms in total. The van der Waals surface area contributed by atoms with Crippen LogP contribution in [0.5, 0.6) is 0 Å². The second-order valence-corrected chi connectivity index (χ2v) is 5.02. The van der Waals surface area contributed by atoms with Crippen LogP contribution < -0.4 is 5.73 Å². The fourth-order valence-electron chi connectivity index (χ4n) is 2.58. The third-order valence-electron chi connectivity index (χ3n) is 3.54. The van der Waals surface area contributed by atoms with Crippen molar-refractivity contribution in [1.82, 2.24) is 0 Å². The molecule has 0 aliphatic heterocycles. The highest BCUT2D eigenvalue weighted by Crippen LogP contribution is 2.29. The van der Waals surface area contributed by atoms with E-state index in [-0.39, 0.29) is 0 Å². The largest absolute Gasteiger partial charge is 0.330 e. The Kier molecular flexibility index (Phi) is 3.11. The lowest BCUT2D eigenvalue weighted by atomic mass is 9.95. The Morgan fingerprint density at radius 3 is 2.80 bits per heavy atom. The zero-order valence-corrected chi connectivity index (χ0v) is 9.79. The van der Waals surface area contributed by atoms with Crippen LogP contribution in [0, 0.1) is 5.92 Å². The molecule has 1 aromatic rings. The van der Waals surface area contributed by atoms with Gasteiger partial charge in [-0.2, -0.15) is 0 Å². The first kappa shape index (κ1) is 10.7. The summed E-state index contributed by atoms with van der Waals surface area (Å²) in [6, 6.07) is 7.01. The van der Waals surface area contributed by atoms with Gasteiger partial charge in [0.2, 0.25) is 0 Å². The number of hydrogen-bond donors (Lipinski definition) is 1. The predicted molar refractivity (Wildman–Crippen MR) is 65.1 cm³/mol. The summed E-state index contributed by atoms with van der Waals surface area (Å²) in [5.74, 6) is 1.44. The van der Waals surface area contributed by atoms with Crippen molar-refractivity contribution in [3.63, 3.8) is 0 Å². The van der Waals surface area contributed by atoms with Crippen molar-refractivity contribution in [2.75, 3.05) is 6.54 Å². The van der Waals surface area contributed by atoms with Crippen molar-refractivity contribution in [2.45, 2.75) is 39.0 Å². The zero-order chi connectivity index (χ0) is 10.8. The lowest BCUT2D eigenvalue weighted by Gasteiger charge is -2.12. The Morgan fingerprint density at radius 2 is 2.07 bits per heavy atom. The van der Waals surface area contributed by atoms with Crippen LogP contribution >= 0.6 is 0 Å². The Labute approximate surface area is 92.7 Å². The second-order valence-electron chi connectivity index (χ2n) is 5.02. The molecule has 0 amide bonds. The van der Waals surface area contributed by atoms with E-state index in [4.69, 9.17) is 5.73 Å². The second kappa shape index (κ2) is 4.36. The molecular weight excluding hydrogens is 182 g/mol. The van der Waals surface area contributed by atoms with Crippen molar-refractivity contribution in [1.29, 1.82) is 0 Å². The van der Waals surface area contributed by atoms with E-state index in [1.54, 1.807) is 11.1 Å². The molecule has 2 atom stereocenters. The van der Waals surface area contributed by atoms with E-state index in [2.05, 4.69) is 32.0 Å². The minimum absolute atomic E-state index is 0.608. The summed E-state index contributed by atoms with van der Waals surface area (Å²) in [4.78, 5) is 0. The summed E-state index contributed by atoms with van der Waals surface area (Å²) in [5.41, 5.74) is 10.2. The third kappa shape index (κ3) is 2.23. The maximum atomic E-state index is 5.60. The van der Waals surface area contributed by atoms with Crippen LogP contribution in [0.4, 0.5) is 0 Å². The Hall–Kier alpha value is -0.820. The third-order valence-corrected chi connectivity index (χ3v) is 3.54. The molecule has 0 saturated carbocycles. The maximum Gasteiger partial charge on any atom is -0.00715 e. The number of benzene rings is 1. The molecule has 1 aliphatic rings. The van der Waals surface area contributed by atoms with Gasteiger partial charge in [-0.1, -0.05) is 32.0 Å². The minimum atomic E-state index is 0.608. The van der Waals surface area contributed by atoms with Gasteiger partial charge >= 0.3 is 0 Å². The van der Waals surface area contributed by atoms with E-state index in [0.717, 1.165) is 18.9 Å². The summed E-state index contributed by atoms with van der Waals surface area (Å²) >= 11 is 0. The summed E-state index contributed by atoms with van der Waals surface area (Å²) in [5, 5.41) is 0. The molecule has 1 heteroatoms. The molecule has 1 aromatic carbocycles. The molecule has 0 radical (unpaired) electrons. The van der Waals surface area contributed by atoms with E-state index in [9.17, 15) is 0 Å². The molecule has 82 valence electrons. The first-order valence-electron chi connectivity index (χ1n) is 6.02. The number of hydrogen-bond acceptors (Lipinski definition) is 1. The average Bonchev–Trinajstić information content (AvgIpc) is 2.57. The van der Waals surface area contributed by atoms with Gasteiger partial charge in [-0.3, -0.25) is 0 Å². The minimum Gasteiger partial charge on any atom is -0.330 e. The lowest BCUT2D eigenvalue weighted by molar-refractivity contribution is 0.627. The molecule has 0 saturated heterocycles. The highest BCUT2D eigenvalue weighted by molar-refractivity contribution is 5.37.